The average Bonchev–Trinajstić information content (AvgIpc) is 2.28. The van der Waals surface area contributed by atoms with Gasteiger partial charge >= 0.3 is 0 Å². The Morgan fingerprint density at radius 2 is 2.25 bits per heavy atom. The summed E-state index contributed by atoms with van der Waals surface area (Å²) in [6.07, 6.45) is 1.04. The van der Waals surface area contributed by atoms with E-state index >= 15 is 0 Å². The van der Waals surface area contributed by atoms with E-state index in [0.29, 0.717) is 23.2 Å². The Bertz CT molecular complexity index is 351. The zero-order chi connectivity index (χ0) is 12.0. The molecule has 1 aromatic rings. The molecule has 0 saturated heterocycles. The van der Waals surface area contributed by atoms with E-state index in [2.05, 4.69) is 22.2 Å². The second-order valence-corrected chi connectivity index (χ2v) is 4.48. The molecule has 0 spiro atoms. The number of aromatic nitrogens is 2. The minimum Gasteiger partial charge on any atom is -0.395 e. The molecule has 0 radical (unpaired) electrons. The van der Waals surface area contributed by atoms with Crippen molar-refractivity contribution in [2.75, 3.05) is 30.0 Å². The van der Waals surface area contributed by atoms with Gasteiger partial charge in [0.15, 0.2) is 16.1 Å². The molecule has 1 heterocycles. The Labute approximate surface area is 104 Å². The third-order valence-electron chi connectivity index (χ3n) is 1.72. The molecule has 0 aliphatic heterocycles. The monoisotopic (exact) mass is 262 g/mol. The lowest BCUT2D eigenvalue weighted by molar-refractivity contribution is 0.311. The molecule has 0 aliphatic carbocycles. The molecule has 0 aromatic carbocycles. The molecule has 4 N–H and O–H groups in total. The van der Waals surface area contributed by atoms with Gasteiger partial charge in [-0.25, -0.2) is 9.97 Å². The first-order valence-electron chi connectivity index (χ1n) is 4.99. The van der Waals surface area contributed by atoms with E-state index in [-0.39, 0.29) is 11.8 Å². The second kappa shape index (κ2) is 6.78. The van der Waals surface area contributed by atoms with Crippen LogP contribution < -0.4 is 11.1 Å². The summed E-state index contributed by atoms with van der Waals surface area (Å²) in [4.78, 5) is 8.30. The minimum absolute atomic E-state index is 0.0124. The van der Waals surface area contributed by atoms with Gasteiger partial charge in [0.2, 0.25) is 0 Å². The molecule has 5 nitrogen and oxygen atoms in total. The predicted octanol–water partition coefficient (Wildman–Crippen LogP) is 1.62. The summed E-state index contributed by atoms with van der Waals surface area (Å²) < 4.78 is 0. The molecular weight excluding hydrogens is 248 g/mol. The van der Waals surface area contributed by atoms with E-state index in [1.807, 2.05) is 0 Å². The summed E-state index contributed by atoms with van der Waals surface area (Å²) in [7, 11) is 0. The molecule has 16 heavy (non-hydrogen) atoms. The van der Waals surface area contributed by atoms with Crippen LogP contribution in [0.5, 0.6) is 0 Å². The Morgan fingerprint density at radius 1 is 1.50 bits per heavy atom. The molecule has 7 heteroatoms. The summed E-state index contributed by atoms with van der Waals surface area (Å²) in [5, 5.41) is 12.5. The van der Waals surface area contributed by atoms with Crippen LogP contribution in [-0.4, -0.2) is 34.0 Å². The fourth-order valence-electron chi connectivity index (χ4n) is 0.990. The highest BCUT2D eigenvalue weighted by Gasteiger charge is 2.09. The molecule has 0 fully saturated rings. The van der Waals surface area contributed by atoms with E-state index in [1.165, 1.54) is 11.8 Å². The van der Waals surface area contributed by atoms with Crippen LogP contribution in [0.15, 0.2) is 5.16 Å². The van der Waals surface area contributed by atoms with Crippen molar-refractivity contribution in [3.05, 3.63) is 5.15 Å². The maximum Gasteiger partial charge on any atom is 0.191 e. The maximum absolute atomic E-state index is 8.71. The number of aliphatic hydroxyl groups excluding tert-OH is 1. The molecule has 0 unspecified atom stereocenters. The van der Waals surface area contributed by atoms with Crippen LogP contribution in [0.1, 0.15) is 13.3 Å². The number of thioether (sulfide) groups is 1. The molecule has 90 valence electrons. The Morgan fingerprint density at radius 3 is 2.88 bits per heavy atom. The summed E-state index contributed by atoms with van der Waals surface area (Å²) in [5.41, 5.74) is 6.03. The SMILES string of the molecule is CCCSc1nc(Cl)c(N)c(NCCO)n1. The van der Waals surface area contributed by atoms with Crippen LogP contribution in [0.25, 0.3) is 0 Å². The van der Waals surface area contributed by atoms with Crippen molar-refractivity contribution in [2.45, 2.75) is 18.5 Å². The van der Waals surface area contributed by atoms with Gasteiger partial charge in [0.1, 0.15) is 5.69 Å². The van der Waals surface area contributed by atoms with Crippen LogP contribution in [-0.2, 0) is 0 Å². The van der Waals surface area contributed by atoms with E-state index in [1.54, 1.807) is 0 Å². The number of hydrogen-bond donors (Lipinski definition) is 3. The molecular formula is C9H15ClN4OS. The Hall–Kier alpha value is -0.720. The molecule has 0 saturated carbocycles. The van der Waals surface area contributed by atoms with Crippen LogP contribution in [0.3, 0.4) is 0 Å². The zero-order valence-corrected chi connectivity index (χ0v) is 10.6. The highest BCUT2D eigenvalue weighted by atomic mass is 35.5. The molecule has 1 aromatic heterocycles. The summed E-state index contributed by atoms with van der Waals surface area (Å²) in [6.45, 7) is 2.48. The number of nitrogen functional groups attached to an aromatic ring is 1. The standard InChI is InChI=1S/C9H15ClN4OS/c1-2-5-16-9-13-7(10)6(11)8(14-9)12-3-4-15/h15H,2-5,11H2,1H3,(H,12,13,14). The number of halogens is 1. The number of nitrogens with one attached hydrogen (secondary N) is 1. The first-order valence-corrected chi connectivity index (χ1v) is 6.36. The van der Waals surface area contributed by atoms with Gasteiger partial charge in [-0.3, -0.25) is 0 Å². The van der Waals surface area contributed by atoms with Crippen LogP contribution >= 0.6 is 23.4 Å². The maximum atomic E-state index is 8.71. The lowest BCUT2D eigenvalue weighted by atomic mass is 10.5. The molecule has 0 bridgehead atoms. The highest BCUT2D eigenvalue weighted by Crippen LogP contribution is 2.27. The number of nitrogens with zero attached hydrogens (tertiary/aromatic N) is 2. The van der Waals surface area contributed by atoms with E-state index in [0.717, 1.165) is 12.2 Å². The van der Waals surface area contributed by atoms with Crippen molar-refractivity contribution in [3.63, 3.8) is 0 Å². The van der Waals surface area contributed by atoms with Crippen molar-refractivity contribution < 1.29 is 5.11 Å². The fourth-order valence-corrected chi connectivity index (χ4v) is 1.91. The number of anilines is 2. The van der Waals surface area contributed by atoms with Gasteiger partial charge in [-0.1, -0.05) is 30.3 Å². The summed E-state index contributed by atoms with van der Waals surface area (Å²) in [6, 6.07) is 0. The smallest absolute Gasteiger partial charge is 0.191 e. The molecule has 0 aliphatic rings. The van der Waals surface area contributed by atoms with Crippen LogP contribution in [0.2, 0.25) is 5.15 Å². The largest absolute Gasteiger partial charge is 0.395 e. The third kappa shape index (κ3) is 3.70. The molecule has 0 amide bonds. The zero-order valence-electron chi connectivity index (χ0n) is 9.03. The quantitative estimate of drug-likeness (QED) is 0.410. The summed E-state index contributed by atoms with van der Waals surface area (Å²) >= 11 is 7.41. The molecule has 0 atom stereocenters. The highest BCUT2D eigenvalue weighted by molar-refractivity contribution is 7.99. The first kappa shape index (κ1) is 13.3. The normalized spacial score (nSPS) is 10.4. The number of rotatable bonds is 6. The van der Waals surface area contributed by atoms with Crippen molar-refractivity contribution in [2.24, 2.45) is 0 Å². The van der Waals surface area contributed by atoms with E-state index in [4.69, 9.17) is 22.4 Å². The van der Waals surface area contributed by atoms with Crippen molar-refractivity contribution in [1.82, 2.24) is 9.97 Å². The van der Waals surface area contributed by atoms with Gasteiger partial charge in [-0.05, 0) is 6.42 Å². The van der Waals surface area contributed by atoms with Gasteiger partial charge in [-0.2, -0.15) is 0 Å². The van der Waals surface area contributed by atoms with Gasteiger partial charge in [0.25, 0.3) is 0 Å². The Balaban J connectivity index is 2.83. The van der Waals surface area contributed by atoms with Crippen LogP contribution in [0, 0.1) is 0 Å². The van der Waals surface area contributed by atoms with Gasteiger partial charge < -0.3 is 16.2 Å². The minimum atomic E-state index is 0.0124. The number of nitrogens with two attached hydrogens (primary N) is 1. The van der Waals surface area contributed by atoms with Gasteiger partial charge in [0.05, 0.1) is 6.61 Å². The van der Waals surface area contributed by atoms with E-state index < -0.39 is 0 Å². The van der Waals surface area contributed by atoms with Crippen molar-refractivity contribution in [3.8, 4) is 0 Å². The second-order valence-electron chi connectivity index (χ2n) is 3.06. The average molecular weight is 263 g/mol. The third-order valence-corrected chi connectivity index (χ3v) is 3.06. The first-order chi connectivity index (χ1) is 7.69. The van der Waals surface area contributed by atoms with Crippen molar-refractivity contribution in [1.29, 1.82) is 0 Å². The Kier molecular flexibility index (Phi) is 5.65. The van der Waals surface area contributed by atoms with E-state index in [9.17, 15) is 0 Å². The lowest BCUT2D eigenvalue weighted by Gasteiger charge is -2.09. The fraction of sp³-hybridized carbons (Fsp3) is 0.556. The van der Waals surface area contributed by atoms with Crippen molar-refractivity contribution >= 4 is 34.9 Å². The lowest BCUT2D eigenvalue weighted by Crippen LogP contribution is -2.10. The number of aliphatic hydroxyl groups is 1. The van der Waals surface area contributed by atoms with Gasteiger partial charge in [-0.15, -0.1) is 0 Å². The predicted molar refractivity (Wildman–Crippen MR) is 68.0 cm³/mol. The topological polar surface area (TPSA) is 84.1 Å². The van der Waals surface area contributed by atoms with Crippen LogP contribution in [0.4, 0.5) is 11.5 Å². The number of hydrogen-bond acceptors (Lipinski definition) is 6. The van der Waals surface area contributed by atoms with Gasteiger partial charge in [0, 0.05) is 12.3 Å². The molecule has 1 rings (SSSR count). The summed E-state index contributed by atoms with van der Waals surface area (Å²) in [5.74, 6) is 1.41.